The molecule has 98 valence electrons. The lowest BCUT2D eigenvalue weighted by Crippen LogP contribution is -2.45. The van der Waals surface area contributed by atoms with E-state index in [-0.39, 0.29) is 18.5 Å². The first-order valence-electron chi connectivity index (χ1n) is 6.01. The summed E-state index contributed by atoms with van der Waals surface area (Å²) in [6.07, 6.45) is 4.65. The van der Waals surface area contributed by atoms with Gasteiger partial charge in [-0.25, -0.2) is 9.80 Å². The van der Waals surface area contributed by atoms with Crippen LogP contribution in [0, 0.1) is 0 Å². The second kappa shape index (κ2) is 4.34. The summed E-state index contributed by atoms with van der Waals surface area (Å²) in [6.45, 7) is -0.110. The number of carbonyl (C=O) groups is 3. The molecule has 4 amide bonds. The lowest BCUT2D eigenvalue weighted by atomic mass is 10.3. The lowest BCUT2D eigenvalue weighted by molar-refractivity contribution is -0.125. The molecular weight excluding hydrogens is 248 g/mol. The molecule has 1 aliphatic heterocycles. The van der Waals surface area contributed by atoms with E-state index in [4.69, 9.17) is 0 Å². The number of urea groups is 1. The summed E-state index contributed by atoms with van der Waals surface area (Å²) < 4.78 is 0. The molecule has 0 aromatic carbocycles. The van der Waals surface area contributed by atoms with Crippen molar-refractivity contribution in [2.24, 2.45) is 0 Å². The van der Waals surface area contributed by atoms with Gasteiger partial charge in [-0.3, -0.25) is 24.9 Å². The molecule has 7 heteroatoms. The van der Waals surface area contributed by atoms with Crippen LogP contribution in [-0.2, 0) is 4.79 Å². The predicted molar refractivity (Wildman–Crippen MR) is 63.7 cm³/mol. The van der Waals surface area contributed by atoms with Gasteiger partial charge in [0.2, 0.25) is 0 Å². The van der Waals surface area contributed by atoms with E-state index in [1.165, 1.54) is 11.1 Å². The van der Waals surface area contributed by atoms with Crippen LogP contribution in [0.25, 0.3) is 0 Å². The van der Waals surface area contributed by atoms with E-state index in [9.17, 15) is 14.4 Å². The normalized spacial score (nSPS) is 18.9. The number of carbonyl (C=O) groups excluding carboxylic acids is 3. The zero-order chi connectivity index (χ0) is 13.4. The van der Waals surface area contributed by atoms with Crippen LogP contribution >= 0.6 is 0 Å². The molecule has 2 fully saturated rings. The quantitative estimate of drug-likeness (QED) is 0.784. The summed E-state index contributed by atoms with van der Waals surface area (Å²) in [7, 11) is 0. The average molecular weight is 260 g/mol. The van der Waals surface area contributed by atoms with Gasteiger partial charge in [-0.05, 0) is 25.0 Å². The highest BCUT2D eigenvalue weighted by Gasteiger charge is 2.45. The minimum absolute atomic E-state index is 0.0142. The van der Waals surface area contributed by atoms with E-state index in [0.29, 0.717) is 5.56 Å². The van der Waals surface area contributed by atoms with Crippen molar-refractivity contribution < 1.29 is 14.4 Å². The molecule has 1 N–H and O–H groups in total. The molecule has 1 aliphatic carbocycles. The highest BCUT2D eigenvalue weighted by atomic mass is 16.2. The van der Waals surface area contributed by atoms with E-state index in [2.05, 4.69) is 10.4 Å². The van der Waals surface area contributed by atoms with Gasteiger partial charge < -0.3 is 0 Å². The Kier molecular flexibility index (Phi) is 2.66. The summed E-state index contributed by atoms with van der Waals surface area (Å²) in [5, 5.41) is 1.05. The highest BCUT2D eigenvalue weighted by molar-refractivity contribution is 6.04. The molecule has 0 radical (unpaired) electrons. The average Bonchev–Trinajstić information content (AvgIpc) is 3.19. The Balaban J connectivity index is 1.69. The molecule has 0 spiro atoms. The maximum Gasteiger partial charge on any atom is 0.346 e. The molecule has 0 bridgehead atoms. The first-order valence-corrected chi connectivity index (χ1v) is 6.01. The second-order valence-electron chi connectivity index (χ2n) is 4.55. The number of hydrazine groups is 1. The number of hydrogen-bond acceptors (Lipinski definition) is 4. The molecule has 2 aliphatic rings. The Morgan fingerprint density at radius 1 is 1.37 bits per heavy atom. The third-order valence-corrected chi connectivity index (χ3v) is 3.07. The van der Waals surface area contributed by atoms with Crippen molar-refractivity contribution in [3.8, 4) is 0 Å². The Morgan fingerprint density at radius 2 is 2.16 bits per heavy atom. The number of nitrogens with zero attached hydrogens (tertiary/aromatic N) is 3. The van der Waals surface area contributed by atoms with Crippen molar-refractivity contribution in [2.45, 2.75) is 18.9 Å². The number of rotatable bonds is 3. The van der Waals surface area contributed by atoms with E-state index in [1.807, 2.05) is 0 Å². The van der Waals surface area contributed by atoms with Gasteiger partial charge in [0, 0.05) is 18.4 Å². The van der Waals surface area contributed by atoms with Crippen molar-refractivity contribution >= 4 is 17.8 Å². The van der Waals surface area contributed by atoms with Crippen molar-refractivity contribution in [2.75, 3.05) is 6.54 Å². The summed E-state index contributed by atoms with van der Waals surface area (Å²) in [6, 6.07) is 2.77. The molecule has 0 unspecified atom stereocenters. The van der Waals surface area contributed by atoms with Crippen LogP contribution in [0.15, 0.2) is 24.5 Å². The fourth-order valence-corrected chi connectivity index (χ4v) is 1.98. The first kappa shape index (κ1) is 11.6. The summed E-state index contributed by atoms with van der Waals surface area (Å²) in [4.78, 5) is 40.6. The smallest absolute Gasteiger partial charge is 0.272 e. The van der Waals surface area contributed by atoms with Gasteiger partial charge in [0.25, 0.3) is 11.8 Å². The van der Waals surface area contributed by atoms with Crippen LogP contribution in [0.4, 0.5) is 4.79 Å². The van der Waals surface area contributed by atoms with Gasteiger partial charge in [0.15, 0.2) is 0 Å². The van der Waals surface area contributed by atoms with Crippen LogP contribution in [0.1, 0.15) is 23.2 Å². The van der Waals surface area contributed by atoms with E-state index >= 15 is 0 Å². The maximum absolute atomic E-state index is 12.0. The van der Waals surface area contributed by atoms with Crippen molar-refractivity contribution in [3.05, 3.63) is 30.1 Å². The van der Waals surface area contributed by atoms with E-state index in [0.717, 1.165) is 17.9 Å². The number of amides is 4. The molecule has 19 heavy (non-hydrogen) atoms. The van der Waals surface area contributed by atoms with Crippen LogP contribution < -0.4 is 5.43 Å². The molecule has 1 aromatic heterocycles. The number of aromatic nitrogens is 1. The summed E-state index contributed by atoms with van der Waals surface area (Å²) >= 11 is 0. The van der Waals surface area contributed by atoms with Crippen LogP contribution in [-0.4, -0.2) is 45.3 Å². The SMILES string of the molecule is O=C(NN1CC(=O)N(C2CC2)C1=O)c1cccnc1. The van der Waals surface area contributed by atoms with Gasteiger partial charge in [0.1, 0.15) is 6.54 Å². The molecule has 7 nitrogen and oxygen atoms in total. The molecule has 1 aromatic rings. The Labute approximate surface area is 109 Å². The number of hydrogen-bond donors (Lipinski definition) is 1. The minimum Gasteiger partial charge on any atom is -0.272 e. The predicted octanol–water partition coefficient (Wildman–Crippen LogP) is 0.153. The highest BCUT2D eigenvalue weighted by Crippen LogP contribution is 2.30. The molecule has 0 atom stereocenters. The second-order valence-corrected chi connectivity index (χ2v) is 4.55. The van der Waals surface area contributed by atoms with Gasteiger partial charge in [-0.15, -0.1) is 0 Å². The van der Waals surface area contributed by atoms with Crippen LogP contribution in [0.2, 0.25) is 0 Å². The zero-order valence-electron chi connectivity index (χ0n) is 10.1. The zero-order valence-corrected chi connectivity index (χ0v) is 10.1. The van der Waals surface area contributed by atoms with Crippen LogP contribution in [0.3, 0.4) is 0 Å². The molecule has 1 saturated carbocycles. The number of pyridine rings is 1. The molecular formula is C12H12N4O3. The molecule has 3 rings (SSSR count). The monoisotopic (exact) mass is 260 g/mol. The van der Waals surface area contributed by atoms with Gasteiger partial charge in [0.05, 0.1) is 5.56 Å². The topological polar surface area (TPSA) is 82.6 Å². The minimum atomic E-state index is -0.454. The van der Waals surface area contributed by atoms with Gasteiger partial charge >= 0.3 is 6.03 Å². The fraction of sp³-hybridized carbons (Fsp3) is 0.333. The van der Waals surface area contributed by atoms with Gasteiger partial charge in [-0.1, -0.05) is 0 Å². The lowest BCUT2D eigenvalue weighted by Gasteiger charge is -2.17. The van der Waals surface area contributed by atoms with E-state index in [1.54, 1.807) is 18.3 Å². The number of imide groups is 1. The maximum atomic E-state index is 12.0. The Bertz CT molecular complexity index is 541. The third-order valence-electron chi connectivity index (χ3n) is 3.07. The molecule has 1 saturated heterocycles. The Morgan fingerprint density at radius 3 is 2.79 bits per heavy atom. The first-order chi connectivity index (χ1) is 9.16. The standard InChI is InChI=1S/C12H12N4O3/c17-10-7-15(12(19)16(10)9-3-4-9)14-11(18)8-2-1-5-13-6-8/h1-2,5-6,9H,3-4,7H2,(H,14,18). The van der Waals surface area contributed by atoms with E-state index < -0.39 is 11.9 Å². The summed E-state index contributed by atoms with van der Waals surface area (Å²) in [5.74, 6) is -0.717. The number of nitrogens with one attached hydrogen (secondary N) is 1. The van der Waals surface area contributed by atoms with Gasteiger partial charge in [-0.2, -0.15) is 0 Å². The fourth-order valence-electron chi connectivity index (χ4n) is 1.98. The Hall–Kier alpha value is -2.44. The summed E-state index contributed by atoms with van der Waals surface area (Å²) in [5.41, 5.74) is 2.77. The van der Waals surface area contributed by atoms with Crippen molar-refractivity contribution in [1.82, 2.24) is 20.3 Å². The largest absolute Gasteiger partial charge is 0.346 e. The van der Waals surface area contributed by atoms with Crippen molar-refractivity contribution in [1.29, 1.82) is 0 Å². The third kappa shape index (κ3) is 2.14. The van der Waals surface area contributed by atoms with Crippen molar-refractivity contribution in [3.63, 3.8) is 0 Å². The molecule has 2 heterocycles. The van der Waals surface area contributed by atoms with Crippen LogP contribution in [0.5, 0.6) is 0 Å².